The molecule has 0 radical (unpaired) electrons. The predicted octanol–water partition coefficient (Wildman–Crippen LogP) is 1.76. The summed E-state index contributed by atoms with van der Waals surface area (Å²) in [5.41, 5.74) is -0.137. The Bertz CT molecular complexity index is 192. The molecular formula is C12H23NO2. The first-order valence-corrected chi connectivity index (χ1v) is 6.07. The average Bonchev–Trinajstić information content (AvgIpc) is 2.27. The van der Waals surface area contributed by atoms with Gasteiger partial charge in [-0.3, -0.25) is 4.79 Å². The van der Waals surface area contributed by atoms with E-state index in [1.165, 1.54) is 0 Å². The number of piperidine rings is 1. The van der Waals surface area contributed by atoms with Crippen LogP contribution in [-0.4, -0.2) is 32.1 Å². The van der Waals surface area contributed by atoms with Crippen LogP contribution < -0.4 is 5.32 Å². The number of Topliss-reactive ketones (excluding diaryl/α,β-unsaturated/α-hetero) is 1. The first-order chi connectivity index (χ1) is 7.25. The molecule has 0 aromatic carbocycles. The molecule has 0 amide bonds. The van der Waals surface area contributed by atoms with Gasteiger partial charge in [-0.1, -0.05) is 13.3 Å². The molecule has 1 fully saturated rings. The second-order valence-corrected chi connectivity index (χ2v) is 4.37. The van der Waals surface area contributed by atoms with E-state index >= 15 is 0 Å². The van der Waals surface area contributed by atoms with Crippen LogP contribution in [0.25, 0.3) is 0 Å². The predicted molar refractivity (Wildman–Crippen MR) is 60.9 cm³/mol. The van der Waals surface area contributed by atoms with Crippen molar-refractivity contribution >= 4 is 5.78 Å². The third-order valence-electron chi connectivity index (χ3n) is 3.23. The number of hydrogen-bond acceptors (Lipinski definition) is 3. The molecule has 0 bridgehead atoms. The first-order valence-electron chi connectivity index (χ1n) is 6.07. The highest BCUT2D eigenvalue weighted by Crippen LogP contribution is 2.32. The van der Waals surface area contributed by atoms with Crippen molar-refractivity contribution in [2.45, 2.75) is 39.5 Å². The lowest BCUT2D eigenvalue weighted by molar-refractivity contribution is -0.135. The lowest BCUT2D eigenvalue weighted by Crippen LogP contribution is -2.46. The maximum Gasteiger partial charge on any atom is 0.165 e. The van der Waals surface area contributed by atoms with E-state index in [4.69, 9.17) is 4.74 Å². The Kier molecular flexibility index (Phi) is 5.26. The third kappa shape index (κ3) is 3.28. The van der Waals surface area contributed by atoms with E-state index < -0.39 is 0 Å². The summed E-state index contributed by atoms with van der Waals surface area (Å²) in [7, 11) is 0. The standard InChI is InChI=1S/C12H23NO2/c1-3-6-12(7-5-8-13-10-12)11(14)9-15-4-2/h13H,3-10H2,1-2H3. The number of nitrogens with one attached hydrogen (secondary N) is 1. The molecule has 1 heterocycles. The summed E-state index contributed by atoms with van der Waals surface area (Å²) >= 11 is 0. The molecule has 1 unspecified atom stereocenters. The monoisotopic (exact) mass is 213 g/mol. The summed E-state index contributed by atoms with van der Waals surface area (Å²) in [5, 5.41) is 3.34. The Labute approximate surface area is 92.6 Å². The Balaban J connectivity index is 2.57. The minimum absolute atomic E-state index is 0.137. The number of ether oxygens (including phenoxy) is 1. The number of ketones is 1. The van der Waals surface area contributed by atoms with Gasteiger partial charge in [-0.05, 0) is 32.7 Å². The maximum atomic E-state index is 12.1. The van der Waals surface area contributed by atoms with Crippen LogP contribution in [-0.2, 0) is 9.53 Å². The van der Waals surface area contributed by atoms with Gasteiger partial charge in [0.05, 0.1) is 0 Å². The Morgan fingerprint density at radius 2 is 2.27 bits per heavy atom. The van der Waals surface area contributed by atoms with E-state index in [0.29, 0.717) is 12.4 Å². The van der Waals surface area contributed by atoms with Crippen molar-refractivity contribution in [1.29, 1.82) is 0 Å². The lowest BCUT2D eigenvalue weighted by atomic mass is 9.74. The van der Waals surface area contributed by atoms with Crippen molar-refractivity contribution in [3.8, 4) is 0 Å². The highest BCUT2D eigenvalue weighted by molar-refractivity contribution is 5.86. The summed E-state index contributed by atoms with van der Waals surface area (Å²) in [6, 6.07) is 0. The van der Waals surface area contributed by atoms with E-state index in [2.05, 4.69) is 12.2 Å². The fraction of sp³-hybridized carbons (Fsp3) is 0.917. The van der Waals surface area contributed by atoms with Crippen molar-refractivity contribution in [2.75, 3.05) is 26.3 Å². The molecule has 0 aromatic rings. The third-order valence-corrected chi connectivity index (χ3v) is 3.23. The Hall–Kier alpha value is -0.410. The van der Waals surface area contributed by atoms with Gasteiger partial charge in [-0.15, -0.1) is 0 Å². The van der Waals surface area contributed by atoms with E-state index in [-0.39, 0.29) is 12.0 Å². The van der Waals surface area contributed by atoms with Gasteiger partial charge in [0.1, 0.15) is 6.61 Å². The molecule has 1 rings (SSSR count). The highest BCUT2D eigenvalue weighted by Gasteiger charge is 2.37. The fourth-order valence-corrected chi connectivity index (χ4v) is 2.39. The molecule has 15 heavy (non-hydrogen) atoms. The van der Waals surface area contributed by atoms with E-state index in [0.717, 1.165) is 38.8 Å². The molecule has 0 aliphatic carbocycles. The molecule has 0 aromatic heterocycles. The van der Waals surface area contributed by atoms with Gasteiger partial charge < -0.3 is 10.1 Å². The van der Waals surface area contributed by atoms with E-state index in [1.54, 1.807) is 0 Å². The van der Waals surface area contributed by atoms with Crippen molar-refractivity contribution in [3.63, 3.8) is 0 Å². The van der Waals surface area contributed by atoms with Gasteiger partial charge >= 0.3 is 0 Å². The minimum Gasteiger partial charge on any atom is -0.374 e. The molecule has 1 aliphatic rings. The van der Waals surface area contributed by atoms with Crippen LogP contribution >= 0.6 is 0 Å². The summed E-state index contributed by atoms with van der Waals surface area (Å²) in [6.07, 6.45) is 4.20. The molecule has 1 atom stereocenters. The Morgan fingerprint density at radius 3 is 2.80 bits per heavy atom. The topological polar surface area (TPSA) is 38.3 Å². The highest BCUT2D eigenvalue weighted by atomic mass is 16.5. The summed E-state index contributed by atoms with van der Waals surface area (Å²) in [5.74, 6) is 0.290. The number of rotatable bonds is 6. The maximum absolute atomic E-state index is 12.1. The van der Waals surface area contributed by atoms with Crippen LogP contribution in [0.3, 0.4) is 0 Å². The van der Waals surface area contributed by atoms with Crippen LogP contribution in [0.1, 0.15) is 39.5 Å². The number of hydrogen-bond donors (Lipinski definition) is 1. The SMILES string of the molecule is CCCC1(C(=O)COCC)CCCNC1. The average molecular weight is 213 g/mol. The van der Waals surface area contributed by atoms with Crippen LogP contribution in [0.2, 0.25) is 0 Å². The molecule has 1 aliphatic heterocycles. The van der Waals surface area contributed by atoms with Crippen molar-refractivity contribution in [2.24, 2.45) is 5.41 Å². The fourth-order valence-electron chi connectivity index (χ4n) is 2.39. The molecule has 1 N–H and O–H groups in total. The molecule has 3 heteroatoms. The van der Waals surface area contributed by atoms with Crippen molar-refractivity contribution in [3.05, 3.63) is 0 Å². The Morgan fingerprint density at radius 1 is 1.47 bits per heavy atom. The molecular weight excluding hydrogens is 190 g/mol. The van der Waals surface area contributed by atoms with E-state index in [1.807, 2.05) is 6.92 Å². The molecule has 0 saturated carbocycles. The zero-order chi connectivity index (χ0) is 11.1. The second-order valence-electron chi connectivity index (χ2n) is 4.37. The molecule has 1 saturated heterocycles. The second kappa shape index (κ2) is 6.23. The van der Waals surface area contributed by atoms with Crippen LogP contribution in [0, 0.1) is 5.41 Å². The van der Waals surface area contributed by atoms with Crippen LogP contribution in [0.5, 0.6) is 0 Å². The van der Waals surface area contributed by atoms with Gasteiger partial charge in [0.2, 0.25) is 0 Å². The zero-order valence-electron chi connectivity index (χ0n) is 9.97. The first kappa shape index (κ1) is 12.7. The molecule has 3 nitrogen and oxygen atoms in total. The quantitative estimate of drug-likeness (QED) is 0.730. The zero-order valence-corrected chi connectivity index (χ0v) is 9.97. The molecule has 0 spiro atoms. The molecule has 88 valence electrons. The smallest absolute Gasteiger partial charge is 0.165 e. The van der Waals surface area contributed by atoms with E-state index in [9.17, 15) is 4.79 Å². The van der Waals surface area contributed by atoms with Crippen molar-refractivity contribution < 1.29 is 9.53 Å². The number of carbonyl (C=O) groups is 1. The number of carbonyl (C=O) groups excluding carboxylic acids is 1. The van der Waals surface area contributed by atoms with Gasteiger partial charge in [0, 0.05) is 18.6 Å². The summed E-state index contributed by atoms with van der Waals surface area (Å²) in [4.78, 5) is 12.1. The summed E-state index contributed by atoms with van der Waals surface area (Å²) in [6.45, 7) is 6.88. The van der Waals surface area contributed by atoms with Crippen molar-refractivity contribution in [1.82, 2.24) is 5.32 Å². The van der Waals surface area contributed by atoms with Crippen LogP contribution in [0.4, 0.5) is 0 Å². The normalized spacial score (nSPS) is 26.5. The van der Waals surface area contributed by atoms with Gasteiger partial charge in [-0.2, -0.15) is 0 Å². The largest absolute Gasteiger partial charge is 0.374 e. The lowest BCUT2D eigenvalue weighted by Gasteiger charge is -2.36. The summed E-state index contributed by atoms with van der Waals surface area (Å²) < 4.78 is 5.24. The van der Waals surface area contributed by atoms with Gasteiger partial charge in [0.15, 0.2) is 5.78 Å². The van der Waals surface area contributed by atoms with Gasteiger partial charge in [0.25, 0.3) is 0 Å². The minimum atomic E-state index is -0.137. The van der Waals surface area contributed by atoms with Crippen LogP contribution in [0.15, 0.2) is 0 Å². The van der Waals surface area contributed by atoms with Gasteiger partial charge in [-0.25, -0.2) is 0 Å².